The Kier molecular flexibility index (Phi) is 6.82. The number of carbonyl (C=O) groups excluding carboxylic acids is 1. The minimum absolute atomic E-state index is 0.00261. The van der Waals surface area contributed by atoms with Gasteiger partial charge in [-0.25, -0.2) is 0 Å². The summed E-state index contributed by atoms with van der Waals surface area (Å²) < 4.78 is 0. The highest BCUT2D eigenvalue weighted by Gasteiger charge is 2.10. The van der Waals surface area contributed by atoms with Crippen molar-refractivity contribution in [1.82, 2.24) is 5.32 Å². The zero-order valence-electron chi connectivity index (χ0n) is 13.1. The number of nitrogens with one attached hydrogen (secondary N) is 1. The Morgan fingerprint density at radius 1 is 1.17 bits per heavy atom. The molecule has 5 heteroatoms. The van der Waals surface area contributed by atoms with E-state index in [2.05, 4.69) is 17.4 Å². The zero-order chi connectivity index (χ0) is 16.8. The van der Waals surface area contributed by atoms with Gasteiger partial charge < -0.3 is 5.32 Å². The Labute approximate surface area is 151 Å². The van der Waals surface area contributed by atoms with Crippen LogP contribution in [0.4, 0.5) is 0 Å². The Morgan fingerprint density at radius 3 is 2.52 bits per heavy atom. The molecule has 0 heterocycles. The summed E-state index contributed by atoms with van der Waals surface area (Å²) in [5.74, 6) is 1.10. The fourth-order valence-corrected chi connectivity index (χ4v) is 3.51. The smallest absolute Gasteiger partial charge is 0.230 e. The zero-order valence-corrected chi connectivity index (χ0v) is 15.4. The fraction of sp³-hybridized carbons (Fsp3) is 0.278. The molecule has 2 aromatic carbocycles. The van der Waals surface area contributed by atoms with Gasteiger partial charge in [0.25, 0.3) is 0 Å². The largest absolute Gasteiger partial charge is 0.349 e. The topological polar surface area (TPSA) is 29.1 Å². The van der Waals surface area contributed by atoms with E-state index in [1.165, 1.54) is 17.3 Å². The number of amides is 1. The Hall–Kier alpha value is -1.16. The molecule has 0 saturated heterocycles. The number of hydrogen-bond acceptors (Lipinski definition) is 2. The number of thioether (sulfide) groups is 1. The van der Waals surface area contributed by atoms with Gasteiger partial charge in [-0.1, -0.05) is 59.1 Å². The predicted molar refractivity (Wildman–Crippen MR) is 100 cm³/mol. The van der Waals surface area contributed by atoms with Crippen molar-refractivity contribution in [3.63, 3.8) is 0 Å². The van der Waals surface area contributed by atoms with Gasteiger partial charge in [0.1, 0.15) is 0 Å². The quantitative estimate of drug-likeness (QED) is 0.738. The SMILES string of the molecule is Cc1ccc([C@H](C)NC(=O)CSCc2ccc(Cl)cc2Cl)cc1. The molecule has 1 amide bonds. The number of rotatable bonds is 6. The van der Waals surface area contributed by atoms with Gasteiger partial charge in [0.2, 0.25) is 5.91 Å². The van der Waals surface area contributed by atoms with E-state index >= 15 is 0 Å². The maximum absolute atomic E-state index is 12.0. The first-order valence-corrected chi connectivity index (χ1v) is 9.24. The van der Waals surface area contributed by atoms with Gasteiger partial charge in [-0.2, -0.15) is 0 Å². The molecule has 2 rings (SSSR count). The van der Waals surface area contributed by atoms with Crippen LogP contribution in [0.15, 0.2) is 42.5 Å². The summed E-state index contributed by atoms with van der Waals surface area (Å²) in [4.78, 5) is 12.0. The molecular formula is C18H19Cl2NOS. The molecule has 0 fully saturated rings. The third-order valence-corrected chi connectivity index (χ3v) is 5.03. The molecule has 0 saturated carbocycles. The molecule has 0 unspecified atom stereocenters. The lowest BCUT2D eigenvalue weighted by atomic mass is 10.1. The van der Waals surface area contributed by atoms with Crippen LogP contribution in [0.25, 0.3) is 0 Å². The van der Waals surface area contributed by atoms with E-state index in [0.29, 0.717) is 21.6 Å². The third kappa shape index (κ3) is 5.76. The molecule has 0 radical (unpaired) electrons. The summed E-state index contributed by atoms with van der Waals surface area (Å²) in [6.45, 7) is 4.04. The van der Waals surface area contributed by atoms with Crippen molar-refractivity contribution in [1.29, 1.82) is 0 Å². The highest BCUT2D eigenvalue weighted by molar-refractivity contribution is 7.99. The fourth-order valence-electron chi connectivity index (χ4n) is 2.11. The van der Waals surface area contributed by atoms with Crippen molar-refractivity contribution >= 4 is 40.9 Å². The average molecular weight is 368 g/mol. The number of carbonyl (C=O) groups is 1. The van der Waals surface area contributed by atoms with Crippen LogP contribution in [0, 0.1) is 6.92 Å². The van der Waals surface area contributed by atoms with Gasteiger partial charge in [0.15, 0.2) is 0 Å². The van der Waals surface area contributed by atoms with E-state index in [1.54, 1.807) is 6.07 Å². The lowest BCUT2D eigenvalue weighted by molar-refractivity contribution is -0.119. The normalized spacial score (nSPS) is 12.0. The number of benzene rings is 2. The molecule has 0 aliphatic rings. The molecule has 23 heavy (non-hydrogen) atoms. The molecule has 2 aromatic rings. The maximum atomic E-state index is 12.0. The van der Waals surface area contributed by atoms with Gasteiger partial charge in [-0.15, -0.1) is 11.8 Å². The first-order valence-electron chi connectivity index (χ1n) is 7.33. The van der Waals surface area contributed by atoms with E-state index in [1.807, 2.05) is 38.1 Å². The lowest BCUT2D eigenvalue weighted by Gasteiger charge is -2.14. The molecule has 0 aliphatic carbocycles. The summed E-state index contributed by atoms with van der Waals surface area (Å²) in [5, 5.41) is 4.27. The first-order chi connectivity index (χ1) is 11.0. The number of halogens is 2. The van der Waals surface area contributed by atoms with E-state index in [-0.39, 0.29) is 11.9 Å². The van der Waals surface area contributed by atoms with Crippen LogP contribution in [-0.2, 0) is 10.5 Å². The first kappa shape index (κ1) is 18.2. The monoisotopic (exact) mass is 367 g/mol. The van der Waals surface area contributed by atoms with Gasteiger partial charge in [0, 0.05) is 15.8 Å². The van der Waals surface area contributed by atoms with Crippen molar-refractivity contribution in [3.05, 3.63) is 69.2 Å². The molecule has 2 nitrogen and oxygen atoms in total. The van der Waals surface area contributed by atoms with Crippen LogP contribution in [0.5, 0.6) is 0 Å². The second kappa shape index (κ2) is 8.62. The summed E-state index contributed by atoms with van der Waals surface area (Å²) >= 11 is 13.5. The van der Waals surface area contributed by atoms with E-state index in [9.17, 15) is 4.79 Å². The molecule has 1 atom stereocenters. The minimum Gasteiger partial charge on any atom is -0.349 e. The average Bonchev–Trinajstić information content (AvgIpc) is 2.50. The molecule has 0 bridgehead atoms. The van der Waals surface area contributed by atoms with Gasteiger partial charge in [-0.3, -0.25) is 4.79 Å². The van der Waals surface area contributed by atoms with Crippen molar-refractivity contribution in [2.24, 2.45) is 0 Å². The number of hydrogen-bond donors (Lipinski definition) is 1. The molecule has 0 spiro atoms. The van der Waals surface area contributed by atoms with E-state index < -0.39 is 0 Å². The predicted octanol–water partition coefficient (Wildman–Crippen LogP) is 5.41. The van der Waals surface area contributed by atoms with Gasteiger partial charge in [-0.05, 0) is 37.1 Å². The maximum Gasteiger partial charge on any atom is 0.230 e. The second-order valence-electron chi connectivity index (χ2n) is 5.43. The van der Waals surface area contributed by atoms with Gasteiger partial charge >= 0.3 is 0 Å². The standard InChI is InChI=1S/C18H19Cl2NOS/c1-12-3-5-14(6-4-12)13(2)21-18(22)11-23-10-15-7-8-16(19)9-17(15)20/h3-9,13H,10-11H2,1-2H3,(H,21,22)/t13-/m0/s1. The van der Waals surface area contributed by atoms with Crippen molar-refractivity contribution < 1.29 is 4.79 Å². The van der Waals surface area contributed by atoms with E-state index in [0.717, 1.165) is 11.1 Å². The summed E-state index contributed by atoms with van der Waals surface area (Å²) in [7, 11) is 0. The molecule has 0 aromatic heterocycles. The second-order valence-corrected chi connectivity index (χ2v) is 7.26. The minimum atomic E-state index is 0.00261. The Balaban J connectivity index is 1.79. The van der Waals surface area contributed by atoms with Crippen LogP contribution >= 0.6 is 35.0 Å². The molecular weight excluding hydrogens is 349 g/mol. The summed E-state index contributed by atoms with van der Waals surface area (Å²) in [6, 6.07) is 13.6. The van der Waals surface area contributed by atoms with Crippen molar-refractivity contribution in [2.45, 2.75) is 25.6 Å². The Morgan fingerprint density at radius 2 is 1.87 bits per heavy atom. The van der Waals surface area contributed by atoms with Crippen LogP contribution in [-0.4, -0.2) is 11.7 Å². The molecule has 0 aliphatic heterocycles. The van der Waals surface area contributed by atoms with Crippen LogP contribution < -0.4 is 5.32 Å². The highest BCUT2D eigenvalue weighted by Crippen LogP contribution is 2.24. The Bertz CT molecular complexity index is 673. The lowest BCUT2D eigenvalue weighted by Crippen LogP contribution is -2.28. The van der Waals surface area contributed by atoms with Crippen LogP contribution in [0.2, 0.25) is 10.0 Å². The van der Waals surface area contributed by atoms with Crippen LogP contribution in [0.3, 0.4) is 0 Å². The third-order valence-electron chi connectivity index (χ3n) is 3.46. The molecule has 1 N–H and O–H groups in total. The van der Waals surface area contributed by atoms with Gasteiger partial charge in [0.05, 0.1) is 11.8 Å². The van der Waals surface area contributed by atoms with Crippen molar-refractivity contribution in [2.75, 3.05) is 5.75 Å². The van der Waals surface area contributed by atoms with Crippen LogP contribution in [0.1, 0.15) is 29.7 Å². The summed E-state index contributed by atoms with van der Waals surface area (Å²) in [6.07, 6.45) is 0. The number of aryl methyl sites for hydroxylation is 1. The van der Waals surface area contributed by atoms with E-state index in [4.69, 9.17) is 23.2 Å². The molecule has 122 valence electrons. The van der Waals surface area contributed by atoms with Crippen molar-refractivity contribution in [3.8, 4) is 0 Å². The summed E-state index contributed by atoms with van der Waals surface area (Å²) in [5.41, 5.74) is 3.30. The highest BCUT2D eigenvalue weighted by atomic mass is 35.5.